The highest BCUT2D eigenvalue weighted by Crippen LogP contribution is 2.43. The fourth-order valence-corrected chi connectivity index (χ4v) is 7.53. The largest absolute Gasteiger partial charge is 0.472 e. The Labute approximate surface area is 416 Å². The molecule has 0 amide bonds. The summed E-state index contributed by atoms with van der Waals surface area (Å²) in [4.78, 5) is 35.5. The highest BCUT2D eigenvalue weighted by Gasteiger charge is 2.27. The summed E-state index contributed by atoms with van der Waals surface area (Å²) < 4.78 is 34.3. The number of esters is 2. The number of hydrogen-bond acceptors (Lipinski definition) is 7. The molecule has 0 aromatic carbocycles. The highest BCUT2D eigenvalue weighted by molar-refractivity contribution is 7.47. The summed E-state index contributed by atoms with van der Waals surface area (Å²) in [6, 6.07) is 0. The van der Waals surface area contributed by atoms with E-state index in [2.05, 4.69) is 105 Å². The third-order valence-electron chi connectivity index (χ3n) is 10.8. The van der Waals surface area contributed by atoms with Gasteiger partial charge in [0.15, 0.2) is 6.10 Å². The van der Waals surface area contributed by atoms with Gasteiger partial charge in [0.1, 0.15) is 19.8 Å². The first-order chi connectivity index (χ1) is 33.0. The number of phosphoric ester groups is 1. The normalized spacial score (nSPS) is 14.3. The molecular weight excluding hydrogens is 870 g/mol. The van der Waals surface area contributed by atoms with Crippen molar-refractivity contribution in [1.82, 2.24) is 0 Å². The monoisotopic (exact) mass is 969 g/mol. The van der Waals surface area contributed by atoms with Gasteiger partial charge in [0.05, 0.1) is 34.2 Å². The smallest absolute Gasteiger partial charge is 0.462 e. The van der Waals surface area contributed by atoms with Crippen LogP contribution in [0.4, 0.5) is 0 Å². The standard InChI is InChI=1S/C58H98NO8P/c1-6-8-10-12-14-16-18-20-22-23-24-25-26-27-28-29-30-31-32-33-34-35-37-38-40-42-44-46-48-50-57(60)64-54-56(55-66-68(62,63)65-53-52-59(3,4)5)67-58(61)51-49-47-45-43-41-39-36-21-19-17-15-13-11-9-7-2/h8-11,14-17,20-22,24-25,36,41,43,47,49,56H,6-7,12-13,18-19,23,26-35,37-40,42,44-46,48,50-55H2,1-5H3/p+1/b10-8-,11-9-,16-14-,17-15-,22-20-,25-24-,36-21-,43-41-,49-47-. The molecule has 0 saturated heterocycles. The lowest BCUT2D eigenvalue weighted by Crippen LogP contribution is -2.37. The Bertz CT molecular complexity index is 1520. The van der Waals surface area contributed by atoms with Crippen molar-refractivity contribution < 1.29 is 42.1 Å². The zero-order valence-corrected chi connectivity index (χ0v) is 44.7. The lowest BCUT2D eigenvalue weighted by Gasteiger charge is -2.24. The van der Waals surface area contributed by atoms with E-state index in [1.165, 1.54) is 89.9 Å². The zero-order chi connectivity index (χ0) is 49.9. The summed E-state index contributed by atoms with van der Waals surface area (Å²) in [6.07, 6.45) is 67.7. The van der Waals surface area contributed by atoms with Crippen LogP contribution in [0.25, 0.3) is 0 Å². The minimum absolute atomic E-state index is 0.00402. The van der Waals surface area contributed by atoms with Crippen LogP contribution < -0.4 is 0 Å². The molecule has 0 aromatic rings. The van der Waals surface area contributed by atoms with Gasteiger partial charge in [-0.15, -0.1) is 0 Å². The van der Waals surface area contributed by atoms with Crippen molar-refractivity contribution in [1.29, 1.82) is 0 Å². The summed E-state index contributed by atoms with van der Waals surface area (Å²) in [7, 11) is 1.41. The minimum Gasteiger partial charge on any atom is -0.462 e. The van der Waals surface area contributed by atoms with Crippen LogP contribution in [0.1, 0.15) is 194 Å². The number of phosphoric acid groups is 1. The Balaban J connectivity index is 4.19. The topological polar surface area (TPSA) is 108 Å². The molecule has 388 valence electrons. The average Bonchev–Trinajstić information content (AvgIpc) is 3.30. The molecule has 0 rings (SSSR count). The molecule has 10 heteroatoms. The lowest BCUT2D eigenvalue weighted by molar-refractivity contribution is -0.870. The highest BCUT2D eigenvalue weighted by atomic mass is 31.2. The number of allylic oxidation sites excluding steroid dienone is 17. The molecule has 0 spiro atoms. The Morgan fingerprint density at radius 2 is 0.838 bits per heavy atom. The maximum atomic E-state index is 12.7. The molecule has 2 atom stereocenters. The van der Waals surface area contributed by atoms with Gasteiger partial charge in [-0.2, -0.15) is 0 Å². The zero-order valence-electron chi connectivity index (χ0n) is 43.8. The van der Waals surface area contributed by atoms with E-state index in [0.29, 0.717) is 17.4 Å². The second-order valence-electron chi connectivity index (χ2n) is 18.5. The molecule has 0 radical (unpaired) electrons. The number of carbonyl (C=O) groups is 2. The number of carbonyl (C=O) groups excluding carboxylic acids is 2. The molecule has 0 fully saturated rings. The van der Waals surface area contributed by atoms with Gasteiger partial charge in [-0.1, -0.05) is 213 Å². The van der Waals surface area contributed by atoms with Gasteiger partial charge in [0, 0.05) is 6.42 Å². The summed E-state index contributed by atoms with van der Waals surface area (Å²) in [6.45, 7) is 4.08. The van der Waals surface area contributed by atoms with Crippen LogP contribution in [-0.4, -0.2) is 74.9 Å². The van der Waals surface area contributed by atoms with Gasteiger partial charge in [-0.25, -0.2) is 4.57 Å². The first-order valence-corrected chi connectivity index (χ1v) is 28.1. The first-order valence-electron chi connectivity index (χ1n) is 26.6. The summed E-state index contributed by atoms with van der Waals surface area (Å²) in [5, 5.41) is 0. The maximum Gasteiger partial charge on any atom is 0.472 e. The van der Waals surface area contributed by atoms with Crippen LogP contribution in [0.2, 0.25) is 0 Å². The average molecular weight is 969 g/mol. The molecule has 9 nitrogen and oxygen atoms in total. The molecule has 2 unspecified atom stereocenters. The van der Waals surface area contributed by atoms with Crippen molar-refractivity contribution in [2.75, 3.05) is 47.5 Å². The van der Waals surface area contributed by atoms with Crippen LogP contribution >= 0.6 is 7.82 Å². The van der Waals surface area contributed by atoms with E-state index in [1.807, 2.05) is 33.3 Å². The lowest BCUT2D eigenvalue weighted by atomic mass is 10.0. The second-order valence-corrected chi connectivity index (χ2v) is 20.0. The van der Waals surface area contributed by atoms with Crippen LogP contribution in [0.15, 0.2) is 109 Å². The fourth-order valence-electron chi connectivity index (χ4n) is 6.79. The number of nitrogens with zero attached hydrogens (tertiary/aromatic N) is 1. The van der Waals surface area contributed by atoms with Gasteiger partial charge >= 0.3 is 19.8 Å². The predicted octanol–water partition coefficient (Wildman–Crippen LogP) is 16.2. The Morgan fingerprint density at radius 1 is 0.471 bits per heavy atom. The van der Waals surface area contributed by atoms with Crippen molar-refractivity contribution in [2.24, 2.45) is 0 Å². The molecule has 1 N–H and O–H groups in total. The predicted molar refractivity (Wildman–Crippen MR) is 288 cm³/mol. The molecule has 0 aliphatic carbocycles. The van der Waals surface area contributed by atoms with Gasteiger partial charge in [0.25, 0.3) is 0 Å². The number of rotatable bonds is 47. The number of likely N-dealkylation sites (N-methyl/N-ethyl adjacent to an activating group) is 1. The molecule has 0 heterocycles. The SMILES string of the molecule is CC/C=C\C/C=C\C/C=C\C/C=C\C/C=C\CC(=O)OC(COC(=O)CCCCCCCCCCCCCCCCCC/C=C\C/C=C\C/C=C\C/C=C\CC)COP(=O)(O)OCC[N+](C)(C)C. The fraction of sp³-hybridized carbons (Fsp3) is 0.655. The molecule has 0 aromatic heterocycles. The molecule has 0 bridgehead atoms. The van der Waals surface area contributed by atoms with Crippen molar-refractivity contribution in [2.45, 2.75) is 200 Å². The third-order valence-corrected chi connectivity index (χ3v) is 11.8. The first kappa shape index (κ1) is 64.7. The van der Waals surface area contributed by atoms with Crippen LogP contribution in [-0.2, 0) is 32.7 Å². The number of quaternary nitrogens is 1. The van der Waals surface area contributed by atoms with E-state index >= 15 is 0 Å². The maximum absolute atomic E-state index is 12.7. The van der Waals surface area contributed by atoms with Crippen LogP contribution in [0.5, 0.6) is 0 Å². The van der Waals surface area contributed by atoms with E-state index < -0.39 is 32.5 Å². The number of unbranched alkanes of at least 4 members (excludes halogenated alkanes) is 16. The second kappa shape index (κ2) is 48.7. The van der Waals surface area contributed by atoms with E-state index in [1.54, 1.807) is 6.08 Å². The van der Waals surface area contributed by atoms with Crippen LogP contribution in [0, 0.1) is 0 Å². The summed E-state index contributed by atoms with van der Waals surface area (Å²) in [5.74, 6) is -0.950. The van der Waals surface area contributed by atoms with Gasteiger partial charge in [0.2, 0.25) is 0 Å². The van der Waals surface area contributed by atoms with Crippen molar-refractivity contribution in [3.63, 3.8) is 0 Å². The van der Waals surface area contributed by atoms with Gasteiger partial charge in [-0.3, -0.25) is 18.6 Å². The quantitative estimate of drug-likeness (QED) is 0.0211. The van der Waals surface area contributed by atoms with E-state index in [0.717, 1.165) is 70.6 Å². The minimum atomic E-state index is -4.41. The van der Waals surface area contributed by atoms with E-state index in [-0.39, 0.29) is 26.1 Å². The van der Waals surface area contributed by atoms with E-state index in [9.17, 15) is 19.0 Å². The molecule has 0 aliphatic rings. The summed E-state index contributed by atoms with van der Waals surface area (Å²) >= 11 is 0. The van der Waals surface area contributed by atoms with Crippen LogP contribution in [0.3, 0.4) is 0 Å². The molecule has 0 aliphatic heterocycles. The van der Waals surface area contributed by atoms with Crippen molar-refractivity contribution in [3.05, 3.63) is 109 Å². The van der Waals surface area contributed by atoms with Gasteiger partial charge in [-0.05, 0) is 77.0 Å². The molecule has 0 saturated carbocycles. The Morgan fingerprint density at radius 3 is 1.25 bits per heavy atom. The number of hydrogen-bond donors (Lipinski definition) is 1. The van der Waals surface area contributed by atoms with Crippen molar-refractivity contribution >= 4 is 19.8 Å². The summed E-state index contributed by atoms with van der Waals surface area (Å²) in [5.41, 5.74) is 0. The molecule has 68 heavy (non-hydrogen) atoms. The molecular formula is C58H99NO8P+. The Hall–Kier alpha value is -3.33. The van der Waals surface area contributed by atoms with E-state index in [4.69, 9.17) is 18.5 Å². The Kier molecular flexibility index (Phi) is 46.3. The third kappa shape index (κ3) is 52.0. The number of ether oxygens (including phenoxy) is 2. The van der Waals surface area contributed by atoms with Crippen molar-refractivity contribution in [3.8, 4) is 0 Å². The van der Waals surface area contributed by atoms with Gasteiger partial charge < -0.3 is 18.9 Å².